The average Bonchev–Trinajstić information content (AvgIpc) is 3.17. The highest BCUT2D eigenvalue weighted by atomic mass is 79.9. The van der Waals surface area contributed by atoms with Gasteiger partial charge < -0.3 is 15.6 Å². The summed E-state index contributed by atoms with van der Waals surface area (Å²) in [6, 6.07) is 4.36. The van der Waals surface area contributed by atoms with Crippen molar-refractivity contribution in [2.24, 2.45) is 5.73 Å². The Bertz CT molecular complexity index is 585. The maximum Gasteiger partial charge on any atom is 0.256 e. The Morgan fingerprint density at radius 1 is 1.55 bits per heavy atom. The van der Waals surface area contributed by atoms with E-state index in [9.17, 15) is 4.79 Å². The SMILES string of the molecule is CCC(N)CC(CCNC(=O)c1cnoc1)c1ccc(Br)s1. The summed E-state index contributed by atoms with van der Waals surface area (Å²) in [5.41, 5.74) is 6.56. The lowest BCUT2D eigenvalue weighted by Gasteiger charge is -2.19. The molecule has 0 aliphatic rings. The molecular formula is C15H20BrN3O2S. The molecule has 3 N–H and O–H groups in total. The molecule has 22 heavy (non-hydrogen) atoms. The molecule has 0 fully saturated rings. The van der Waals surface area contributed by atoms with Gasteiger partial charge in [-0.05, 0) is 53.2 Å². The van der Waals surface area contributed by atoms with Crippen LogP contribution in [-0.4, -0.2) is 23.7 Å². The molecule has 2 atom stereocenters. The number of nitrogens with two attached hydrogens (primary N) is 1. The van der Waals surface area contributed by atoms with E-state index in [1.165, 1.54) is 17.3 Å². The number of carbonyl (C=O) groups is 1. The molecule has 2 unspecified atom stereocenters. The van der Waals surface area contributed by atoms with Crippen molar-refractivity contribution >= 4 is 33.2 Å². The number of carbonyl (C=O) groups excluding carboxylic acids is 1. The summed E-state index contributed by atoms with van der Waals surface area (Å²) in [6.07, 6.45) is 5.49. The predicted molar refractivity (Wildman–Crippen MR) is 91.1 cm³/mol. The van der Waals surface area contributed by atoms with Crippen LogP contribution in [0.25, 0.3) is 0 Å². The Labute approximate surface area is 142 Å². The van der Waals surface area contributed by atoms with E-state index < -0.39 is 0 Å². The fourth-order valence-electron chi connectivity index (χ4n) is 2.24. The number of nitrogens with one attached hydrogen (secondary N) is 1. The van der Waals surface area contributed by atoms with Crippen LogP contribution in [0.3, 0.4) is 0 Å². The Morgan fingerprint density at radius 2 is 2.36 bits per heavy atom. The zero-order valence-corrected chi connectivity index (χ0v) is 14.8. The lowest BCUT2D eigenvalue weighted by Crippen LogP contribution is -2.27. The summed E-state index contributed by atoms with van der Waals surface area (Å²) < 4.78 is 5.79. The molecule has 5 nitrogen and oxygen atoms in total. The standard InChI is InChI=1S/C15H20BrN3O2S/c1-2-12(17)7-10(13-3-4-14(16)22-13)5-6-18-15(20)11-8-19-21-9-11/h3-4,8-10,12H,2,5-7,17H2,1H3,(H,18,20). The van der Waals surface area contributed by atoms with Gasteiger partial charge >= 0.3 is 0 Å². The van der Waals surface area contributed by atoms with Crippen LogP contribution in [0.1, 0.15) is 47.3 Å². The van der Waals surface area contributed by atoms with Crippen LogP contribution in [0.2, 0.25) is 0 Å². The second kappa shape index (κ2) is 8.45. The minimum atomic E-state index is -0.160. The quantitative estimate of drug-likeness (QED) is 0.727. The first-order valence-electron chi connectivity index (χ1n) is 7.28. The van der Waals surface area contributed by atoms with E-state index in [4.69, 9.17) is 5.73 Å². The minimum Gasteiger partial charge on any atom is -0.364 e. The van der Waals surface area contributed by atoms with Crippen molar-refractivity contribution in [2.45, 2.75) is 38.1 Å². The van der Waals surface area contributed by atoms with Gasteiger partial charge in [-0.15, -0.1) is 11.3 Å². The monoisotopic (exact) mass is 385 g/mol. The summed E-state index contributed by atoms with van der Waals surface area (Å²) in [5.74, 6) is 0.196. The fraction of sp³-hybridized carbons (Fsp3) is 0.467. The van der Waals surface area contributed by atoms with E-state index in [1.807, 2.05) is 0 Å². The maximum atomic E-state index is 11.9. The first-order valence-corrected chi connectivity index (χ1v) is 8.89. The Hall–Kier alpha value is -1.18. The number of nitrogens with zero attached hydrogens (tertiary/aromatic N) is 1. The third-order valence-corrected chi connectivity index (χ3v) is 5.37. The molecule has 120 valence electrons. The second-order valence-electron chi connectivity index (χ2n) is 5.20. The van der Waals surface area contributed by atoms with Crippen molar-refractivity contribution < 1.29 is 9.32 Å². The van der Waals surface area contributed by atoms with Crippen molar-refractivity contribution in [3.05, 3.63) is 38.8 Å². The molecule has 7 heteroatoms. The van der Waals surface area contributed by atoms with Crippen molar-refractivity contribution in [1.29, 1.82) is 0 Å². The van der Waals surface area contributed by atoms with Crippen LogP contribution in [0.5, 0.6) is 0 Å². The topological polar surface area (TPSA) is 81.1 Å². The Kier molecular flexibility index (Phi) is 6.60. The average molecular weight is 386 g/mol. The molecule has 0 saturated heterocycles. The number of thiophene rings is 1. The van der Waals surface area contributed by atoms with Gasteiger partial charge in [-0.1, -0.05) is 12.1 Å². The molecule has 0 aliphatic carbocycles. The number of rotatable bonds is 8. The van der Waals surface area contributed by atoms with Crippen molar-refractivity contribution in [3.8, 4) is 0 Å². The summed E-state index contributed by atoms with van der Waals surface area (Å²) >= 11 is 5.23. The lowest BCUT2D eigenvalue weighted by atomic mass is 9.94. The van der Waals surface area contributed by atoms with Gasteiger partial charge in [0, 0.05) is 17.5 Å². The molecule has 1 amide bonds. The van der Waals surface area contributed by atoms with E-state index in [0.717, 1.165) is 23.0 Å². The van der Waals surface area contributed by atoms with Crippen molar-refractivity contribution in [1.82, 2.24) is 10.5 Å². The van der Waals surface area contributed by atoms with Crippen LogP contribution < -0.4 is 11.1 Å². The highest BCUT2D eigenvalue weighted by Crippen LogP contribution is 2.33. The molecule has 2 heterocycles. The predicted octanol–water partition coefficient (Wildman–Crippen LogP) is 3.53. The highest BCUT2D eigenvalue weighted by Gasteiger charge is 2.17. The highest BCUT2D eigenvalue weighted by molar-refractivity contribution is 9.11. The first-order chi connectivity index (χ1) is 10.6. The van der Waals surface area contributed by atoms with Gasteiger partial charge in [0.2, 0.25) is 0 Å². The first kappa shape index (κ1) is 17.2. The molecule has 0 radical (unpaired) electrons. The number of hydrogen-bond donors (Lipinski definition) is 2. The molecule has 0 spiro atoms. The number of hydrogen-bond acceptors (Lipinski definition) is 5. The summed E-state index contributed by atoms with van der Waals surface area (Å²) in [5, 5.41) is 6.43. The zero-order valence-electron chi connectivity index (χ0n) is 12.4. The van der Waals surface area contributed by atoms with Crippen LogP contribution in [0.15, 0.2) is 32.9 Å². The largest absolute Gasteiger partial charge is 0.364 e. The summed E-state index contributed by atoms with van der Waals surface area (Å²) in [6.45, 7) is 2.69. The van der Waals surface area contributed by atoms with Crippen molar-refractivity contribution in [2.75, 3.05) is 6.54 Å². The van der Waals surface area contributed by atoms with Crippen LogP contribution in [0, 0.1) is 0 Å². The van der Waals surface area contributed by atoms with Gasteiger partial charge in [-0.2, -0.15) is 0 Å². The smallest absolute Gasteiger partial charge is 0.256 e. The van der Waals surface area contributed by atoms with Crippen LogP contribution in [0.4, 0.5) is 0 Å². The van der Waals surface area contributed by atoms with Crippen LogP contribution in [-0.2, 0) is 0 Å². The Balaban J connectivity index is 1.90. The molecule has 2 rings (SSSR count). The molecule has 2 aromatic heterocycles. The third kappa shape index (κ3) is 4.93. The molecule has 0 bridgehead atoms. The maximum absolute atomic E-state index is 11.9. The van der Waals surface area contributed by atoms with Gasteiger partial charge in [-0.25, -0.2) is 0 Å². The normalized spacial score (nSPS) is 13.8. The van der Waals surface area contributed by atoms with E-state index in [0.29, 0.717) is 18.0 Å². The molecule has 0 aliphatic heterocycles. The zero-order chi connectivity index (χ0) is 15.9. The van der Waals surface area contributed by atoms with E-state index in [1.54, 1.807) is 11.3 Å². The number of amides is 1. The fourth-order valence-corrected chi connectivity index (χ4v) is 3.81. The summed E-state index contributed by atoms with van der Waals surface area (Å²) in [4.78, 5) is 13.2. The minimum absolute atomic E-state index is 0.160. The van der Waals surface area contributed by atoms with E-state index >= 15 is 0 Å². The van der Waals surface area contributed by atoms with E-state index in [2.05, 4.69) is 50.0 Å². The van der Waals surface area contributed by atoms with Gasteiger partial charge in [-0.3, -0.25) is 4.79 Å². The molecule has 2 aromatic rings. The van der Waals surface area contributed by atoms with Crippen LogP contribution >= 0.6 is 27.3 Å². The Morgan fingerprint density at radius 3 is 2.95 bits per heavy atom. The lowest BCUT2D eigenvalue weighted by molar-refractivity contribution is 0.0951. The number of halogens is 1. The molecular weight excluding hydrogens is 366 g/mol. The molecule has 0 aromatic carbocycles. The van der Waals surface area contributed by atoms with Gasteiger partial charge in [0.25, 0.3) is 5.91 Å². The second-order valence-corrected chi connectivity index (χ2v) is 7.70. The van der Waals surface area contributed by atoms with Crippen molar-refractivity contribution in [3.63, 3.8) is 0 Å². The van der Waals surface area contributed by atoms with Gasteiger partial charge in [0.05, 0.1) is 15.5 Å². The van der Waals surface area contributed by atoms with E-state index in [-0.39, 0.29) is 11.9 Å². The number of aromatic nitrogens is 1. The summed E-state index contributed by atoms with van der Waals surface area (Å²) in [7, 11) is 0. The van der Waals surface area contributed by atoms with Gasteiger partial charge in [0.15, 0.2) is 0 Å². The molecule has 0 saturated carbocycles. The third-order valence-electron chi connectivity index (χ3n) is 3.58. The van der Waals surface area contributed by atoms with Gasteiger partial charge in [0.1, 0.15) is 6.26 Å².